The van der Waals surface area contributed by atoms with Crippen LogP contribution in [0.3, 0.4) is 0 Å². The number of hydrogen-bond donors (Lipinski definition) is 0. The van der Waals surface area contributed by atoms with Gasteiger partial charge in [0.25, 0.3) is 0 Å². The van der Waals surface area contributed by atoms with Crippen LogP contribution < -0.4 is 0 Å². The minimum absolute atomic E-state index is 0.0133. The molecule has 0 unspecified atom stereocenters. The van der Waals surface area contributed by atoms with Crippen molar-refractivity contribution in [3.8, 4) is 0 Å². The number of nitrogens with zero attached hydrogens (tertiary/aromatic N) is 2. The summed E-state index contributed by atoms with van der Waals surface area (Å²) in [5.74, 6) is 0. The zero-order chi connectivity index (χ0) is 17.3. The maximum absolute atomic E-state index is 12.0. The van der Waals surface area contributed by atoms with Crippen LogP contribution in [0.15, 0.2) is 12.4 Å². The number of rotatable bonds is 5. The van der Waals surface area contributed by atoms with Crippen molar-refractivity contribution in [1.29, 1.82) is 0 Å². The van der Waals surface area contributed by atoms with Gasteiger partial charge in [-0.05, 0) is 32.0 Å². The van der Waals surface area contributed by atoms with E-state index >= 15 is 0 Å². The summed E-state index contributed by atoms with van der Waals surface area (Å²) >= 11 is 0. The summed E-state index contributed by atoms with van der Waals surface area (Å²) in [6.07, 6.45) is 3.91. The third-order valence-corrected chi connectivity index (χ3v) is 10.5. The fraction of sp³-hybridized carbons (Fsp3) is 0.733. The molecule has 0 N–H and O–H groups in total. The van der Waals surface area contributed by atoms with Gasteiger partial charge in [-0.2, -0.15) is 0 Å². The molecule has 0 saturated heterocycles. The molecule has 0 aliphatic heterocycles. The van der Waals surface area contributed by atoms with Crippen molar-refractivity contribution in [2.24, 2.45) is 0 Å². The Hall–Kier alpha value is -0.793. The van der Waals surface area contributed by atoms with Gasteiger partial charge in [-0.1, -0.05) is 20.8 Å². The molecule has 0 aliphatic rings. The van der Waals surface area contributed by atoms with E-state index in [0.29, 0.717) is 5.69 Å². The number of aryl methyl sites for hydroxylation is 1. The van der Waals surface area contributed by atoms with Crippen molar-refractivity contribution in [2.75, 3.05) is 6.26 Å². The van der Waals surface area contributed by atoms with Gasteiger partial charge in [0.2, 0.25) is 0 Å². The summed E-state index contributed by atoms with van der Waals surface area (Å²) in [6, 6.07) is 0. The van der Waals surface area contributed by atoms with E-state index in [1.54, 1.807) is 19.3 Å². The van der Waals surface area contributed by atoms with Gasteiger partial charge in [0.1, 0.15) is 6.10 Å². The summed E-state index contributed by atoms with van der Waals surface area (Å²) in [7, 11) is -5.39. The molecule has 2 atom stereocenters. The fourth-order valence-corrected chi connectivity index (χ4v) is 3.72. The molecule has 1 rings (SSSR count). The van der Waals surface area contributed by atoms with Crippen LogP contribution in [0.2, 0.25) is 18.1 Å². The van der Waals surface area contributed by atoms with Crippen LogP contribution in [-0.4, -0.2) is 38.2 Å². The average molecular weight is 345 g/mol. The first-order valence-electron chi connectivity index (χ1n) is 7.41. The lowest BCUT2D eigenvalue weighted by atomic mass is 10.2. The maximum Gasteiger partial charge on any atom is 0.193 e. The molecular weight excluding hydrogens is 316 g/mol. The Morgan fingerprint density at radius 2 is 1.73 bits per heavy atom. The molecule has 5 nitrogen and oxygen atoms in total. The first-order chi connectivity index (χ1) is 9.75. The van der Waals surface area contributed by atoms with E-state index in [1.165, 1.54) is 6.26 Å². The van der Waals surface area contributed by atoms with Crippen molar-refractivity contribution >= 4 is 18.2 Å². The van der Waals surface area contributed by atoms with Gasteiger partial charge in [0.05, 0.1) is 22.8 Å². The predicted molar refractivity (Wildman–Crippen MR) is 92.1 cm³/mol. The summed E-state index contributed by atoms with van der Waals surface area (Å²) in [4.78, 5) is 8.58. The molecule has 0 amide bonds. The minimum atomic E-state index is -3.25. The quantitative estimate of drug-likeness (QED) is 0.767. The first kappa shape index (κ1) is 19.3. The second-order valence-electron chi connectivity index (χ2n) is 7.42. The zero-order valence-corrected chi connectivity index (χ0v) is 16.7. The fourth-order valence-electron chi connectivity index (χ4n) is 1.66. The van der Waals surface area contributed by atoms with Crippen molar-refractivity contribution in [3.05, 3.63) is 23.8 Å². The third kappa shape index (κ3) is 4.60. The molecule has 1 aromatic heterocycles. The van der Waals surface area contributed by atoms with Gasteiger partial charge in [0.15, 0.2) is 18.2 Å². The summed E-state index contributed by atoms with van der Waals surface area (Å²) in [5, 5.41) is -0.681. The summed E-state index contributed by atoms with van der Waals surface area (Å²) < 4.78 is 30.4. The van der Waals surface area contributed by atoms with Crippen molar-refractivity contribution in [2.45, 2.75) is 64.1 Å². The lowest BCUT2D eigenvalue weighted by molar-refractivity contribution is 0.176. The second kappa shape index (κ2) is 6.37. The number of aromatic nitrogens is 2. The highest BCUT2D eigenvalue weighted by Crippen LogP contribution is 2.40. The molecule has 0 saturated carbocycles. The van der Waals surface area contributed by atoms with E-state index in [4.69, 9.17) is 4.43 Å². The van der Waals surface area contributed by atoms with E-state index in [1.807, 2.05) is 6.92 Å². The molecule has 126 valence electrons. The Labute approximate surface area is 135 Å². The molecule has 0 radical (unpaired) electrons. The molecule has 0 bridgehead atoms. The van der Waals surface area contributed by atoms with Crippen LogP contribution in [0.4, 0.5) is 0 Å². The van der Waals surface area contributed by atoms with E-state index in [9.17, 15) is 8.42 Å². The van der Waals surface area contributed by atoms with Crippen LogP contribution in [0, 0.1) is 6.92 Å². The highest BCUT2D eigenvalue weighted by Gasteiger charge is 2.42. The normalized spacial score (nSPS) is 16.4. The van der Waals surface area contributed by atoms with E-state index in [-0.39, 0.29) is 5.04 Å². The molecule has 0 aromatic carbocycles. The highest BCUT2D eigenvalue weighted by atomic mass is 32.2. The van der Waals surface area contributed by atoms with Gasteiger partial charge in [-0.25, -0.2) is 8.42 Å². The van der Waals surface area contributed by atoms with Gasteiger partial charge in [-0.3, -0.25) is 9.97 Å². The van der Waals surface area contributed by atoms with Gasteiger partial charge in [-0.15, -0.1) is 0 Å². The molecule has 0 fully saturated rings. The molecule has 22 heavy (non-hydrogen) atoms. The van der Waals surface area contributed by atoms with Gasteiger partial charge < -0.3 is 4.43 Å². The average Bonchev–Trinajstić information content (AvgIpc) is 2.34. The predicted octanol–water partition coefficient (Wildman–Crippen LogP) is 3.28. The number of hydrogen-bond acceptors (Lipinski definition) is 5. The van der Waals surface area contributed by atoms with Crippen LogP contribution in [0.1, 0.15) is 45.2 Å². The summed E-state index contributed by atoms with van der Waals surface area (Å²) in [6.45, 7) is 14.1. The minimum Gasteiger partial charge on any atom is -0.407 e. The monoisotopic (exact) mass is 344 g/mol. The largest absolute Gasteiger partial charge is 0.407 e. The summed E-state index contributed by atoms with van der Waals surface area (Å²) in [5.41, 5.74) is 1.37. The van der Waals surface area contributed by atoms with Gasteiger partial charge in [0, 0.05) is 12.5 Å². The Balaban J connectivity index is 3.27. The molecule has 1 heterocycles. The van der Waals surface area contributed by atoms with Gasteiger partial charge >= 0.3 is 0 Å². The highest BCUT2D eigenvalue weighted by molar-refractivity contribution is 7.91. The SMILES string of the molecule is Cc1cnc([C@@H](O[Si](C)(C)C(C)(C)C)[C@H](C)S(C)(=O)=O)cn1. The number of sulfone groups is 1. The Bertz CT molecular complexity index is 607. The first-order valence-corrected chi connectivity index (χ1v) is 12.3. The molecular formula is C15H28N2O3SSi. The van der Waals surface area contributed by atoms with Crippen LogP contribution in [-0.2, 0) is 14.3 Å². The van der Waals surface area contributed by atoms with Crippen LogP contribution in [0.25, 0.3) is 0 Å². The van der Waals surface area contributed by atoms with E-state index < -0.39 is 29.5 Å². The Kier molecular flexibility index (Phi) is 5.58. The molecule has 7 heteroatoms. The topological polar surface area (TPSA) is 69.2 Å². The van der Waals surface area contributed by atoms with Crippen molar-refractivity contribution in [1.82, 2.24) is 9.97 Å². The zero-order valence-electron chi connectivity index (χ0n) is 14.8. The van der Waals surface area contributed by atoms with Crippen molar-refractivity contribution in [3.63, 3.8) is 0 Å². The molecule has 0 aliphatic carbocycles. The lowest BCUT2D eigenvalue weighted by Gasteiger charge is -2.40. The standard InChI is InChI=1S/C15H28N2O3SSi/c1-11-9-17-13(10-16-11)14(12(2)21(6,18)19)20-22(7,8)15(3,4)5/h9-10,12,14H,1-8H3/t12-,14-/m0/s1. The Morgan fingerprint density at radius 1 is 1.18 bits per heavy atom. The van der Waals surface area contributed by atoms with E-state index in [0.717, 1.165) is 5.69 Å². The Morgan fingerprint density at radius 3 is 2.09 bits per heavy atom. The third-order valence-electron chi connectivity index (χ3n) is 4.42. The second-order valence-corrected chi connectivity index (χ2v) is 14.6. The maximum atomic E-state index is 12.0. The molecule has 1 aromatic rings. The lowest BCUT2D eigenvalue weighted by Crippen LogP contribution is -2.44. The smallest absolute Gasteiger partial charge is 0.193 e. The van der Waals surface area contributed by atoms with Crippen LogP contribution >= 0.6 is 0 Å². The van der Waals surface area contributed by atoms with E-state index in [2.05, 4.69) is 43.8 Å². The van der Waals surface area contributed by atoms with Crippen LogP contribution in [0.5, 0.6) is 0 Å². The molecule has 0 spiro atoms. The van der Waals surface area contributed by atoms with Crippen molar-refractivity contribution < 1.29 is 12.8 Å².